The Kier molecular flexibility index (Phi) is 3.85. The summed E-state index contributed by atoms with van der Waals surface area (Å²) in [6.07, 6.45) is 6.20. The summed E-state index contributed by atoms with van der Waals surface area (Å²) in [5.74, 6) is 1.66. The van der Waals surface area contributed by atoms with E-state index in [1.165, 1.54) is 32.1 Å². The number of hydrogen-bond donors (Lipinski definition) is 2. The maximum Gasteiger partial charge on any atom is 0.234 e. The molecule has 0 aromatic rings. The highest BCUT2D eigenvalue weighted by Crippen LogP contribution is 2.29. The number of carbonyl (C=O) groups is 1. The van der Waals surface area contributed by atoms with E-state index in [9.17, 15) is 4.79 Å². The third-order valence-corrected chi connectivity index (χ3v) is 4.17. The molecule has 3 unspecified atom stereocenters. The Morgan fingerprint density at radius 1 is 1.19 bits per heavy atom. The van der Waals surface area contributed by atoms with Crippen LogP contribution < -0.4 is 10.6 Å². The smallest absolute Gasteiger partial charge is 0.234 e. The predicted octanol–water partition coefficient (Wildman–Crippen LogP) is 1.68. The van der Waals surface area contributed by atoms with Crippen molar-refractivity contribution in [3.8, 4) is 0 Å². The number of rotatable bonds is 4. The lowest BCUT2D eigenvalue weighted by Crippen LogP contribution is -2.45. The second-order valence-electron chi connectivity index (χ2n) is 5.60. The number of nitrogens with one attached hydrogen (secondary N) is 2. The van der Waals surface area contributed by atoms with Crippen LogP contribution in [-0.4, -0.2) is 24.5 Å². The molecule has 0 aromatic heterocycles. The van der Waals surface area contributed by atoms with E-state index in [-0.39, 0.29) is 5.91 Å². The van der Waals surface area contributed by atoms with Crippen molar-refractivity contribution in [1.29, 1.82) is 0 Å². The van der Waals surface area contributed by atoms with Crippen LogP contribution >= 0.6 is 0 Å². The Balaban J connectivity index is 1.69. The molecule has 2 saturated carbocycles. The number of amides is 1. The molecule has 2 aliphatic carbocycles. The van der Waals surface area contributed by atoms with E-state index in [0.29, 0.717) is 24.5 Å². The van der Waals surface area contributed by atoms with Gasteiger partial charge < -0.3 is 10.6 Å². The average molecular weight is 224 g/mol. The molecular formula is C13H24N2O. The SMILES string of the molecule is CC1CCCC(NCC(=O)NC2CC2)C1C. The van der Waals surface area contributed by atoms with Gasteiger partial charge in [-0.3, -0.25) is 4.79 Å². The summed E-state index contributed by atoms with van der Waals surface area (Å²) in [6.45, 7) is 5.13. The first-order valence-corrected chi connectivity index (χ1v) is 6.69. The van der Waals surface area contributed by atoms with Gasteiger partial charge in [0.25, 0.3) is 0 Å². The van der Waals surface area contributed by atoms with Gasteiger partial charge in [0, 0.05) is 12.1 Å². The van der Waals surface area contributed by atoms with Crippen LogP contribution in [0, 0.1) is 11.8 Å². The van der Waals surface area contributed by atoms with Gasteiger partial charge in [0.2, 0.25) is 5.91 Å². The molecule has 92 valence electrons. The lowest BCUT2D eigenvalue weighted by Gasteiger charge is -2.34. The van der Waals surface area contributed by atoms with Crippen LogP contribution in [0.2, 0.25) is 0 Å². The molecule has 0 aromatic carbocycles. The summed E-state index contributed by atoms with van der Waals surface area (Å²) in [5.41, 5.74) is 0. The van der Waals surface area contributed by atoms with Crippen molar-refractivity contribution in [2.45, 2.75) is 58.0 Å². The van der Waals surface area contributed by atoms with Gasteiger partial charge >= 0.3 is 0 Å². The summed E-state index contributed by atoms with van der Waals surface area (Å²) >= 11 is 0. The second kappa shape index (κ2) is 5.17. The summed E-state index contributed by atoms with van der Waals surface area (Å²) < 4.78 is 0. The normalized spacial score (nSPS) is 34.8. The van der Waals surface area contributed by atoms with Crippen molar-refractivity contribution < 1.29 is 4.79 Å². The first-order chi connectivity index (χ1) is 7.66. The zero-order chi connectivity index (χ0) is 11.5. The fourth-order valence-corrected chi connectivity index (χ4v) is 2.60. The van der Waals surface area contributed by atoms with Gasteiger partial charge in [0.05, 0.1) is 6.54 Å². The number of hydrogen-bond acceptors (Lipinski definition) is 2. The monoisotopic (exact) mass is 224 g/mol. The molecule has 2 rings (SSSR count). The Bertz CT molecular complexity index is 250. The van der Waals surface area contributed by atoms with Gasteiger partial charge in [0.15, 0.2) is 0 Å². The van der Waals surface area contributed by atoms with E-state index < -0.39 is 0 Å². The molecule has 2 fully saturated rings. The molecule has 2 N–H and O–H groups in total. The zero-order valence-corrected chi connectivity index (χ0v) is 10.5. The highest BCUT2D eigenvalue weighted by molar-refractivity contribution is 5.78. The van der Waals surface area contributed by atoms with E-state index in [0.717, 1.165) is 5.92 Å². The zero-order valence-electron chi connectivity index (χ0n) is 10.5. The molecule has 0 spiro atoms. The summed E-state index contributed by atoms with van der Waals surface area (Å²) in [5, 5.41) is 6.44. The van der Waals surface area contributed by atoms with Crippen molar-refractivity contribution in [2.75, 3.05) is 6.54 Å². The molecule has 0 heterocycles. The molecule has 0 aliphatic heterocycles. The molecule has 16 heavy (non-hydrogen) atoms. The van der Waals surface area contributed by atoms with Crippen molar-refractivity contribution in [3.05, 3.63) is 0 Å². The topological polar surface area (TPSA) is 41.1 Å². The Morgan fingerprint density at radius 3 is 2.62 bits per heavy atom. The fraction of sp³-hybridized carbons (Fsp3) is 0.923. The van der Waals surface area contributed by atoms with Crippen LogP contribution in [0.4, 0.5) is 0 Å². The molecule has 0 bridgehead atoms. The van der Waals surface area contributed by atoms with E-state index in [2.05, 4.69) is 24.5 Å². The van der Waals surface area contributed by atoms with Crippen LogP contribution in [0.15, 0.2) is 0 Å². The van der Waals surface area contributed by atoms with Gasteiger partial charge in [-0.15, -0.1) is 0 Å². The molecule has 0 radical (unpaired) electrons. The maximum absolute atomic E-state index is 11.6. The van der Waals surface area contributed by atoms with Gasteiger partial charge in [0.1, 0.15) is 0 Å². The van der Waals surface area contributed by atoms with E-state index in [1.807, 2.05) is 0 Å². The molecule has 3 heteroatoms. The highest BCUT2D eigenvalue weighted by Gasteiger charge is 2.28. The average Bonchev–Trinajstić information content (AvgIpc) is 3.04. The summed E-state index contributed by atoms with van der Waals surface area (Å²) in [7, 11) is 0. The van der Waals surface area contributed by atoms with Gasteiger partial charge in [-0.2, -0.15) is 0 Å². The van der Waals surface area contributed by atoms with Crippen molar-refractivity contribution in [1.82, 2.24) is 10.6 Å². The van der Waals surface area contributed by atoms with E-state index in [1.54, 1.807) is 0 Å². The standard InChI is InChI=1S/C13H24N2O/c1-9-4-3-5-12(10(9)2)14-8-13(16)15-11-6-7-11/h9-12,14H,3-8H2,1-2H3,(H,15,16). The summed E-state index contributed by atoms with van der Waals surface area (Å²) in [4.78, 5) is 11.6. The predicted molar refractivity (Wildman–Crippen MR) is 65.1 cm³/mol. The van der Waals surface area contributed by atoms with Gasteiger partial charge in [-0.05, 0) is 31.1 Å². The van der Waals surface area contributed by atoms with Crippen LogP contribution in [0.3, 0.4) is 0 Å². The van der Waals surface area contributed by atoms with Crippen LogP contribution in [0.5, 0.6) is 0 Å². The third kappa shape index (κ3) is 3.21. The Hall–Kier alpha value is -0.570. The van der Waals surface area contributed by atoms with Crippen LogP contribution in [-0.2, 0) is 4.79 Å². The molecule has 2 aliphatic rings. The Labute approximate surface area is 98.4 Å². The molecule has 0 saturated heterocycles. The minimum absolute atomic E-state index is 0.174. The fourth-order valence-electron chi connectivity index (χ4n) is 2.60. The minimum Gasteiger partial charge on any atom is -0.352 e. The molecule has 1 amide bonds. The van der Waals surface area contributed by atoms with Crippen molar-refractivity contribution in [2.24, 2.45) is 11.8 Å². The quantitative estimate of drug-likeness (QED) is 0.763. The third-order valence-electron chi connectivity index (χ3n) is 4.17. The lowest BCUT2D eigenvalue weighted by atomic mass is 9.78. The largest absolute Gasteiger partial charge is 0.352 e. The van der Waals surface area contributed by atoms with Crippen molar-refractivity contribution >= 4 is 5.91 Å². The molecule has 3 atom stereocenters. The van der Waals surface area contributed by atoms with Gasteiger partial charge in [-0.25, -0.2) is 0 Å². The molecular weight excluding hydrogens is 200 g/mol. The Morgan fingerprint density at radius 2 is 1.94 bits per heavy atom. The van der Waals surface area contributed by atoms with Crippen LogP contribution in [0.25, 0.3) is 0 Å². The van der Waals surface area contributed by atoms with E-state index >= 15 is 0 Å². The van der Waals surface area contributed by atoms with Crippen LogP contribution in [0.1, 0.15) is 46.0 Å². The maximum atomic E-state index is 11.6. The highest BCUT2D eigenvalue weighted by atomic mass is 16.2. The lowest BCUT2D eigenvalue weighted by molar-refractivity contribution is -0.120. The minimum atomic E-state index is 0.174. The van der Waals surface area contributed by atoms with E-state index in [4.69, 9.17) is 0 Å². The number of carbonyl (C=O) groups excluding carboxylic acids is 1. The second-order valence-corrected chi connectivity index (χ2v) is 5.60. The van der Waals surface area contributed by atoms with Gasteiger partial charge in [-0.1, -0.05) is 26.7 Å². The first kappa shape index (κ1) is 11.9. The van der Waals surface area contributed by atoms with Crippen molar-refractivity contribution in [3.63, 3.8) is 0 Å². The summed E-state index contributed by atoms with van der Waals surface area (Å²) in [6, 6.07) is 1.02. The molecule has 3 nitrogen and oxygen atoms in total. The first-order valence-electron chi connectivity index (χ1n) is 6.69.